The van der Waals surface area contributed by atoms with Crippen LogP contribution in [-0.4, -0.2) is 40.1 Å². The molecule has 1 aliphatic heterocycles. The fourth-order valence-corrected chi connectivity index (χ4v) is 4.51. The fourth-order valence-electron chi connectivity index (χ4n) is 3.56. The Balaban J connectivity index is 1.85. The van der Waals surface area contributed by atoms with E-state index in [9.17, 15) is 9.59 Å². The first-order chi connectivity index (χ1) is 15.9. The second kappa shape index (κ2) is 9.84. The number of anilines is 1. The first kappa shape index (κ1) is 23.1. The van der Waals surface area contributed by atoms with Crippen LogP contribution in [0.1, 0.15) is 25.6 Å². The van der Waals surface area contributed by atoms with Gasteiger partial charge >= 0.3 is 17.2 Å². The lowest BCUT2D eigenvalue weighted by atomic mass is 10.0. The van der Waals surface area contributed by atoms with Gasteiger partial charge in [-0.3, -0.25) is 9.78 Å². The van der Waals surface area contributed by atoms with Crippen molar-refractivity contribution < 1.29 is 24.1 Å². The third-order valence-electron chi connectivity index (χ3n) is 4.85. The lowest BCUT2D eigenvalue weighted by molar-refractivity contribution is -0.759. The SMILES string of the molecule is CCOc1cc([C@@H]2Nc3ccc(Br)cc3-c3c(=O)[nH]c(SCC)n[n+]32)ccc1OCC(=O)O. The summed E-state index contributed by atoms with van der Waals surface area (Å²) < 4.78 is 13.6. The number of nitrogens with one attached hydrogen (secondary N) is 2. The molecule has 0 radical (unpaired) electrons. The minimum Gasteiger partial charge on any atom is -0.490 e. The number of aliphatic carboxylic acids is 1. The highest BCUT2D eigenvalue weighted by Gasteiger charge is 2.38. The van der Waals surface area contributed by atoms with Crippen molar-refractivity contribution in [3.05, 3.63) is 56.8 Å². The van der Waals surface area contributed by atoms with Crippen LogP contribution in [0.3, 0.4) is 0 Å². The zero-order valence-corrected chi connectivity index (χ0v) is 20.3. The average Bonchev–Trinajstić information content (AvgIpc) is 2.78. The van der Waals surface area contributed by atoms with Gasteiger partial charge in [0.25, 0.3) is 6.17 Å². The van der Waals surface area contributed by atoms with Crippen molar-refractivity contribution in [3.63, 3.8) is 0 Å². The van der Waals surface area contributed by atoms with Crippen LogP contribution in [0.2, 0.25) is 0 Å². The molecule has 2 aromatic carbocycles. The summed E-state index contributed by atoms with van der Waals surface area (Å²) in [5, 5.41) is 17.6. The summed E-state index contributed by atoms with van der Waals surface area (Å²) in [5.41, 5.74) is 2.48. The van der Waals surface area contributed by atoms with Gasteiger partial charge in [-0.15, -0.1) is 0 Å². The molecule has 0 fully saturated rings. The number of fused-ring (bicyclic) bond motifs is 3. The number of rotatable bonds is 8. The van der Waals surface area contributed by atoms with Crippen molar-refractivity contribution in [2.75, 3.05) is 24.3 Å². The van der Waals surface area contributed by atoms with Crippen LogP contribution in [-0.2, 0) is 4.79 Å². The summed E-state index contributed by atoms with van der Waals surface area (Å²) in [5.74, 6) is 0.420. The van der Waals surface area contributed by atoms with E-state index in [0.717, 1.165) is 27.0 Å². The summed E-state index contributed by atoms with van der Waals surface area (Å²) >= 11 is 4.92. The Labute approximate surface area is 202 Å². The standard InChI is InChI=1S/C22H21BrN4O5S/c1-3-31-17-9-12(5-8-16(17)32-11-18(28)29)20-24-15-7-6-13(23)10-14(15)19-21(30)25-22(33-4-2)26-27(19)20/h5-10,20H,3-4,11H2,1-2H3,(H2,25,26,28,29,30)/p+1/t20-/m1/s1. The van der Waals surface area contributed by atoms with E-state index < -0.39 is 18.7 Å². The summed E-state index contributed by atoms with van der Waals surface area (Å²) in [7, 11) is 0. The maximum atomic E-state index is 13.1. The number of carbonyl (C=O) groups is 1. The number of carboxylic acids is 1. The van der Waals surface area contributed by atoms with Crippen LogP contribution >= 0.6 is 27.7 Å². The lowest BCUT2D eigenvalue weighted by Gasteiger charge is -2.23. The van der Waals surface area contributed by atoms with Crippen molar-refractivity contribution in [3.8, 4) is 22.8 Å². The van der Waals surface area contributed by atoms with Gasteiger partial charge in [-0.2, -0.15) is 0 Å². The van der Waals surface area contributed by atoms with Gasteiger partial charge in [0.2, 0.25) is 5.16 Å². The predicted octanol–water partition coefficient (Wildman–Crippen LogP) is 3.43. The Hall–Kier alpha value is -3.05. The first-order valence-corrected chi connectivity index (χ1v) is 12.1. The number of hydrogen-bond donors (Lipinski definition) is 3. The molecule has 2 heterocycles. The number of nitrogens with zero attached hydrogens (tertiary/aromatic N) is 2. The molecule has 9 nitrogen and oxygen atoms in total. The summed E-state index contributed by atoms with van der Waals surface area (Å²) in [6, 6.07) is 10.9. The van der Waals surface area contributed by atoms with E-state index in [0.29, 0.717) is 29.0 Å². The van der Waals surface area contributed by atoms with E-state index in [1.807, 2.05) is 32.0 Å². The van der Waals surface area contributed by atoms with Gasteiger partial charge in [0.15, 0.2) is 18.1 Å². The largest absolute Gasteiger partial charge is 0.490 e. The van der Waals surface area contributed by atoms with Gasteiger partial charge in [-0.25, -0.2) is 4.79 Å². The van der Waals surface area contributed by atoms with E-state index in [2.05, 4.69) is 26.2 Å². The van der Waals surface area contributed by atoms with E-state index >= 15 is 0 Å². The number of ether oxygens (including phenoxy) is 2. The van der Waals surface area contributed by atoms with Crippen molar-refractivity contribution in [2.45, 2.75) is 25.2 Å². The first-order valence-electron chi connectivity index (χ1n) is 10.3. The molecule has 0 amide bonds. The molecular weight excluding hydrogens is 512 g/mol. The Morgan fingerprint density at radius 3 is 2.76 bits per heavy atom. The van der Waals surface area contributed by atoms with Crippen LogP contribution in [0.25, 0.3) is 11.3 Å². The van der Waals surface area contributed by atoms with Crippen molar-refractivity contribution in [1.82, 2.24) is 10.1 Å². The van der Waals surface area contributed by atoms with Crippen LogP contribution in [0.5, 0.6) is 11.5 Å². The van der Waals surface area contributed by atoms with E-state index in [1.165, 1.54) is 11.8 Å². The van der Waals surface area contributed by atoms with Gasteiger partial charge in [-0.1, -0.05) is 34.6 Å². The van der Waals surface area contributed by atoms with Crippen molar-refractivity contribution >= 4 is 39.3 Å². The molecule has 0 saturated carbocycles. The molecule has 3 aromatic rings. The maximum absolute atomic E-state index is 13.1. The van der Waals surface area contributed by atoms with Crippen molar-refractivity contribution in [1.29, 1.82) is 0 Å². The normalized spacial score (nSPS) is 14.1. The molecule has 0 spiro atoms. The summed E-state index contributed by atoms with van der Waals surface area (Å²) in [6.45, 7) is 3.72. The second-order valence-corrected chi connectivity index (χ2v) is 9.21. The van der Waals surface area contributed by atoms with Crippen LogP contribution < -0.4 is 25.0 Å². The van der Waals surface area contributed by atoms with Gasteiger partial charge in [0.05, 0.1) is 17.9 Å². The minimum atomic E-state index is -1.08. The molecule has 0 aliphatic carbocycles. The quantitative estimate of drug-likeness (QED) is 0.297. The molecule has 0 bridgehead atoms. The monoisotopic (exact) mass is 533 g/mol. The third-order valence-corrected chi connectivity index (χ3v) is 6.09. The number of hydrogen-bond acceptors (Lipinski definition) is 7. The Bertz CT molecular complexity index is 1270. The van der Waals surface area contributed by atoms with Gasteiger partial charge in [0, 0.05) is 15.1 Å². The summed E-state index contributed by atoms with van der Waals surface area (Å²) in [4.78, 5) is 26.9. The second-order valence-electron chi connectivity index (χ2n) is 7.04. The maximum Gasteiger partial charge on any atom is 0.341 e. The highest BCUT2D eigenvalue weighted by Crippen LogP contribution is 2.36. The minimum absolute atomic E-state index is 0.238. The van der Waals surface area contributed by atoms with Crippen LogP contribution in [0, 0.1) is 0 Å². The third kappa shape index (κ3) is 4.83. The molecule has 172 valence electrons. The Morgan fingerprint density at radius 1 is 1.21 bits per heavy atom. The van der Waals surface area contributed by atoms with Gasteiger partial charge in [0.1, 0.15) is 0 Å². The zero-order chi connectivity index (χ0) is 23.5. The zero-order valence-electron chi connectivity index (χ0n) is 17.9. The van der Waals surface area contributed by atoms with Crippen molar-refractivity contribution in [2.24, 2.45) is 0 Å². The Morgan fingerprint density at radius 2 is 2.03 bits per heavy atom. The predicted molar refractivity (Wildman–Crippen MR) is 127 cm³/mol. The highest BCUT2D eigenvalue weighted by atomic mass is 79.9. The average molecular weight is 534 g/mol. The molecule has 33 heavy (non-hydrogen) atoms. The Kier molecular flexibility index (Phi) is 6.89. The molecular formula is C22H22BrN4O5S+. The fraction of sp³-hybridized carbons (Fsp3) is 0.273. The summed E-state index contributed by atoms with van der Waals surface area (Å²) in [6.07, 6.45) is -0.500. The van der Waals surface area contributed by atoms with Crippen LogP contribution in [0.15, 0.2) is 50.8 Å². The van der Waals surface area contributed by atoms with Gasteiger partial charge in [-0.05, 0) is 53.8 Å². The molecule has 3 N–H and O–H groups in total. The molecule has 4 rings (SSSR count). The topological polar surface area (TPSA) is 117 Å². The number of halogens is 1. The van der Waals surface area contributed by atoms with E-state index in [-0.39, 0.29) is 5.56 Å². The molecule has 1 atom stereocenters. The smallest absolute Gasteiger partial charge is 0.341 e. The molecule has 0 saturated heterocycles. The number of aromatic amines is 1. The number of H-pyrrole nitrogens is 1. The molecule has 0 unspecified atom stereocenters. The lowest BCUT2D eigenvalue weighted by Crippen LogP contribution is -2.55. The number of benzene rings is 2. The van der Waals surface area contributed by atoms with E-state index in [4.69, 9.17) is 19.7 Å². The van der Waals surface area contributed by atoms with Gasteiger partial charge < -0.3 is 19.9 Å². The van der Waals surface area contributed by atoms with Crippen LogP contribution in [0.4, 0.5) is 5.69 Å². The molecule has 11 heteroatoms. The number of thioether (sulfide) groups is 1. The molecule has 1 aromatic heterocycles. The highest BCUT2D eigenvalue weighted by molar-refractivity contribution is 9.10. The van der Waals surface area contributed by atoms with E-state index in [1.54, 1.807) is 22.9 Å². The number of carboxylic acid groups (broad SMARTS) is 1. The number of aromatic nitrogens is 3. The molecule has 1 aliphatic rings.